The fourth-order valence-corrected chi connectivity index (χ4v) is 3.05. The van der Waals surface area contributed by atoms with E-state index in [4.69, 9.17) is 11.6 Å². The summed E-state index contributed by atoms with van der Waals surface area (Å²) in [6.45, 7) is 0. The van der Waals surface area contributed by atoms with Gasteiger partial charge < -0.3 is 4.74 Å². The average Bonchev–Trinajstić information content (AvgIpc) is 2.60. The number of carbonyl (C=O) groups excluding carboxylic acids is 2. The van der Waals surface area contributed by atoms with Gasteiger partial charge in [0.25, 0.3) is 15.9 Å². The van der Waals surface area contributed by atoms with Crippen molar-refractivity contribution >= 4 is 33.5 Å². The van der Waals surface area contributed by atoms with Gasteiger partial charge in [0.15, 0.2) is 0 Å². The topological polar surface area (TPSA) is 114 Å². The first-order chi connectivity index (χ1) is 11.3. The number of halogens is 1. The average molecular weight is 370 g/mol. The van der Waals surface area contributed by atoms with Crippen molar-refractivity contribution in [1.29, 1.82) is 0 Å². The number of amides is 1. The minimum atomic E-state index is -4.21. The molecule has 0 saturated heterocycles. The number of sulfonamides is 1. The minimum Gasteiger partial charge on any atom is -0.465 e. The molecule has 1 heterocycles. The number of pyridine rings is 1. The van der Waals surface area contributed by atoms with Crippen molar-refractivity contribution in [2.75, 3.05) is 7.11 Å². The SMILES string of the molecule is COC(=O)c1ccc(Cl)c(S(=O)(=O)NNC(=O)c2ccccn2)c1. The van der Waals surface area contributed by atoms with Crippen LogP contribution in [0.3, 0.4) is 0 Å². The van der Waals surface area contributed by atoms with Crippen LogP contribution in [0, 0.1) is 0 Å². The van der Waals surface area contributed by atoms with E-state index in [9.17, 15) is 18.0 Å². The van der Waals surface area contributed by atoms with Gasteiger partial charge in [0, 0.05) is 6.20 Å². The number of hydrogen-bond acceptors (Lipinski definition) is 6. The van der Waals surface area contributed by atoms with Crippen LogP contribution in [0.5, 0.6) is 0 Å². The molecule has 0 radical (unpaired) electrons. The third-order valence-electron chi connectivity index (χ3n) is 2.84. The fourth-order valence-electron chi connectivity index (χ4n) is 1.68. The highest BCUT2D eigenvalue weighted by molar-refractivity contribution is 7.89. The minimum absolute atomic E-state index is 0.00155. The third-order valence-corrected chi connectivity index (χ3v) is 4.57. The molecule has 2 rings (SSSR count). The van der Waals surface area contributed by atoms with E-state index in [0.29, 0.717) is 0 Å². The molecule has 0 fully saturated rings. The molecule has 24 heavy (non-hydrogen) atoms. The molecule has 0 aliphatic carbocycles. The van der Waals surface area contributed by atoms with Crippen LogP contribution in [-0.2, 0) is 14.8 Å². The number of nitrogens with one attached hydrogen (secondary N) is 2. The van der Waals surface area contributed by atoms with Gasteiger partial charge in [0.2, 0.25) is 0 Å². The summed E-state index contributed by atoms with van der Waals surface area (Å²) < 4.78 is 29.1. The van der Waals surface area contributed by atoms with E-state index in [2.05, 4.69) is 9.72 Å². The number of ether oxygens (including phenoxy) is 1. The van der Waals surface area contributed by atoms with E-state index in [0.717, 1.165) is 13.2 Å². The van der Waals surface area contributed by atoms with Gasteiger partial charge in [0.1, 0.15) is 10.6 Å². The summed E-state index contributed by atoms with van der Waals surface area (Å²) in [5, 5.41) is -0.123. The van der Waals surface area contributed by atoms with Crippen LogP contribution in [-0.4, -0.2) is 32.4 Å². The number of nitrogens with zero attached hydrogens (tertiary/aromatic N) is 1. The molecule has 0 unspecified atom stereocenters. The zero-order valence-electron chi connectivity index (χ0n) is 12.3. The van der Waals surface area contributed by atoms with E-state index >= 15 is 0 Å². The summed E-state index contributed by atoms with van der Waals surface area (Å²) in [6.07, 6.45) is 1.39. The number of esters is 1. The number of benzene rings is 1. The lowest BCUT2D eigenvalue weighted by Gasteiger charge is -2.10. The number of hydrazine groups is 1. The maximum atomic E-state index is 12.3. The Morgan fingerprint density at radius 3 is 2.58 bits per heavy atom. The molecule has 8 nitrogen and oxygen atoms in total. The largest absolute Gasteiger partial charge is 0.465 e. The fraction of sp³-hybridized carbons (Fsp3) is 0.0714. The summed E-state index contributed by atoms with van der Waals surface area (Å²) in [7, 11) is -3.04. The van der Waals surface area contributed by atoms with Crippen LogP contribution in [0.15, 0.2) is 47.5 Å². The molecule has 1 aromatic heterocycles. The molecule has 0 aliphatic rings. The van der Waals surface area contributed by atoms with Gasteiger partial charge in [-0.3, -0.25) is 15.2 Å². The Labute approximate surface area is 142 Å². The lowest BCUT2D eigenvalue weighted by atomic mass is 10.2. The van der Waals surface area contributed by atoms with Gasteiger partial charge >= 0.3 is 5.97 Å². The zero-order chi connectivity index (χ0) is 17.7. The second kappa shape index (κ2) is 7.39. The maximum Gasteiger partial charge on any atom is 0.337 e. The molecule has 0 saturated carbocycles. The number of hydrogen-bond donors (Lipinski definition) is 2. The van der Waals surface area contributed by atoms with Crippen LogP contribution in [0.1, 0.15) is 20.8 Å². The molecular weight excluding hydrogens is 358 g/mol. The molecule has 0 atom stereocenters. The van der Waals surface area contributed by atoms with Gasteiger partial charge in [-0.1, -0.05) is 17.7 Å². The zero-order valence-corrected chi connectivity index (χ0v) is 13.9. The Morgan fingerprint density at radius 1 is 1.21 bits per heavy atom. The standard InChI is InChI=1S/C14H12ClN3O5S/c1-23-14(20)9-5-6-10(15)12(8-9)24(21,22)18-17-13(19)11-4-2-3-7-16-11/h2-8,18H,1H3,(H,17,19). The summed E-state index contributed by atoms with van der Waals surface area (Å²) in [4.78, 5) is 28.6. The molecule has 0 bridgehead atoms. The van der Waals surface area contributed by atoms with E-state index in [1.54, 1.807) is 12.1 Å². The molecule has 1 aromatic carbocycles. The first kappa shape index (κ1) is 17.9. The molecule has 126 valence electrons. The Bertz CT molecular complexity index is 871. The Morgan fingerprint density at radius 2 is 1.96 bits per heavy atom. The van der Waals surface area contributed by atoms with Crippen molar-refractivity contribution in [2.24, 2.45) is 0 Å². The van der Waals surface area contributed by atoms with Gasteiger partial charge in [-0.05, 0) is 30.3 Å². The lowest BCUT2D eigenvalue weighted by molar-refractivity contribution is 0.0600. The molecule has 0 aliphatic heterocycles. The van der Waals surface area contributed by atoms with Gasteiger partial charge in [0.05, 0.1) is 17.7 Å². The van der Waals surface area contributed by atoms with E-state index < -0.39 is 21.9 Å². The van der Waals surface area contributed by atoms with E-state index in [1.165, 1.54) is 24.4 Å². The summed E-state index contributed by atoms with van der Waals surface area (Å²) in [5.41, 5.74) is 2.03. The highest BCUT2D eigenvalue weighted by atomic mass is 35.5. The monoisotopic (exact) mass is 369 g/mol. The van der Waals surface area contributed by atoms with Gasteiger partial charge in [-0.2, -0.15) is 0 Å². The Kier molecular flexibility index (Phi) is 5.50. The maximum absolute atomic E-state index is 12.3. The van der Waals surface area contributed by atoms with Crippen LogP contribution in [0.2, 0.25) is 5.02 Å². The first-order valence-electron chi connectivity index (χ1n) is 6.46. The number of carbonyl (C=O) groups is 2. The lowest BCUT2D eigenvalue weighted by Crippen LogP contribution is -2.42. The predicted molar refractivity (Wildman–Crippen MR) is 84.8 cm³/mol. The highest BCUT2D eigenvalue weighted by Gasteiger charge is 2.21. The summed E-state index contributed by atoms with van der Waals surface area (Å²) >= 11 is 5.86. The number of aromatic nitrogens is 1. The van der Waals surface area contributed by atoms with Crippen molar-refractivity contribution in [3.63, 3.8) is 0 Å². The third kappa shape index (κ3) is 4.07. The molecular formula is C14H12ClN3O5S. The van der Waals surface area contributed by atoms with Gasteiger partial charge in [-0.15, -0.1) is 4.83 Å². The second-order valence-electron chi connectivity index (χ2n) is 4.41. The summed E-state index contributed by atoms with van der Waals surface area (Å²) in [6, 6.07) is 8.20. The molecule has 10 heteroatoms. The van der Waals surface area contributed by atoms with E-state index in [-0.39, 0.29) is 21.2 Å². The van der Waals surface area contributed by atoms with E-state index in [1.807, 2.05) is 10.3 Å². The Hall–Kier alpha value is -2.49. The number of methoxy groups -OCH3 is 1. The van der Waals surface area contributed by atoms with Crippen molar-refractivity contribution in [3.05, 3.63) is 58.9 Å². The molecule has 2 aromatic rings. The quantitative estimate of drug-likeness (QED) is 0.603. The molecule has 1 amide bonds. The van der Waals surface area contributed by atoms with Crippen molar-refractivity contribution < 1.29 is 22.7 Å². The first-order valence-corrected chi connectivity index (χ1v) is 8.32. The van der Waals surface area contributed by atoms with Crippen LogP contribution in [0.4, 0.5) is 0 Å². The van der Waals surface area contributed by atoms with Crippen molar-refractivity contribution in [2.45, 2.75) is 4.90 Å². The number of rotatable bonds is 5. The van der Waals surface area contributed by atoms with Crippen LogP contribution in [0.25, 0.3) is 0 Å². The Balaban J connectivity index is 2.21. The van der Waals surface area contributed by atoms with Gasteiger partial charge in [-0.25, -0.2) is 13.2 Å². The highest BCUT2D eigenvalue weighted by Crippen LogP contribution is 2.22. The van der Waals surface area contributed by atoms with Crippen LogP contribution >= 0.6 is 11.6 Å². The smallest absolute Gasteiger partial charge is 0.337 e. The summed E-state index contributed by atoms with van der Waals surface area (Å²) in [5.74, 6) is -1.47. The van der Waals surface area contributed by atoms with Crippen molar-refractivity contribution in [1.82, 2.24) is 15.2 Å². The molecule has 2 N–H and O–H groups in total. The normalized spacial score (nSPS) is 10.9. The van der Waals surface area contributed by atoms with Crippen molar-refractivity contribution in [3.8, 4) is 0 Å². The molecule has 0 spiro atoms. The second-order valence-corrected chi connectivity index (χ2v) is 6.47. The predicted octanol–water partition coefficient (Wildman–Crippen LogP) is 1.14. The van der Waals surface area contributed by atoms with Crippen LogP contribution < -0.4 is 10.3 Å².